The quantitative estimate of drug-likeness (QED) is 0.636. The first-order valence-corrected chi connectivity index (χ1v) is 10.2. The first kappa shape index (κ1) is 17.9. The van der Waals surface area contributed by atoms with E-state index in [0.29, 0.717) is 18.6 Å². The number of carbonyl (C=O) groups is 1. The molecule has 1 aromatic carbocycles. The van der Waals surface area contributed by atoms with Gasteiger partial charge in [-0.15, -0.1) is 0 Å². The van der Waals surface area contributed by atoms with Crippen molar-refractivity contribution in [2.24, 2.45) is 5.92 Å². The molecule has 5 rings (SSSR count). The summed E-state index contributed by atoms with van der Waals surface area (Å²) in [5.41, 5.74) is 3.55. The fraction of sp³-hybridized carbons (Fsp3) is 0.591. The molecular formula is C22H28N2O4. The fourth-order valence-electron chi connectivity index (χ4n) is 6.07. The molecule has 2 heterocycles. The van der Waals surface area contributed by atoms with Crippen molar-refractivity contribution < 1.29 is 19.0 Å². The summed E-state index contributed by atoms with van der Waals surface area (Å²) in [4.78, 5) is 14.2. The van der Waals surface area contributed by atoms with Crippen LogP contribution in [0.2, 0.25) is 0 Å². The standard InChI is InChI=1S/C22H28N2O4/c1-5-26-18-11-15(23-3)13-10-16-14-6-7-17(27-12(2)25)21-22(14,8-9-24(16)4)19(13)20(18)28-21/h6-7,11,14,16-17,21,23H,5,8-10H2,1-4H3/t14-,16+,17-,21-,22-/m0/s1. The minimum Gasteiger partial charge on any atom is -0.490 e. The van der Waals surface area contributed by atoms with Crippen LogP contribution in [0, 0.1) is 5.92 Å². The Bertz CT molecular complexity index is 867. The third-order valence-electron chi connectivity index (χ3n) is 7.12. The highest BCUT2D eigenvalue weighted by atomic mass is 16.6. The van der Waals surface area contributed by atoms with Crippen molar-refractivity contribution in [1.29, 1.82) is 0 Å². The number of anilines is 1. The van der Waals surface area contributed by atoms with E-state index in [1.54, 1.807) is 0 Å². The summed E-state index contributed by atoms with van der Waals surface area (Å²) >= 11 is 0. The summed E-state index contributed by atoms with van der Waals surface area (Å²) in [6.07, 6.45) is 5.70. The second kappa shape index (κ2) is 6.14. The van der Waals surface area contributed by atoms with Gasteiger partial charge in [-0.25, -0.2) is 0 Å². The number of likely N-dealkylation sites (N-methyl/N-ethyl adjacent to an activating group) is 1. The molecule has 0 saturated carbocycles. The maximum absolute atomic E-state index is 11.8. The lowest BCUT2D eigenvalue weighted by molar-refractivity contribution is -0.152. The number of hydrogen-bond acceptors (Lipinski definition) is 6. The van der Waals surface area contributed by atoms with Gasteiger partial charge in [0.1, 0.15) is 6.10 Å². The van der Waals surface area contributed by atoms with Crippen LogP contribution in [0.1, 0.15) is 31.4 Å². The molecule has 1 fully saturated rings. The normalized spacial score (nSPS) is 34.4. The van der Waals surface area contributed by atoms with Crippen LogP contribution < -0.4 is 14.8 Å². The first-order chi connectivity index (χ1) is 13.5. The lowest BCUT2D eigenvalue weighted by atomic mass is 9.53. The Labute approximate surface area is 165 Å². The molecule has 2 bridgehead atoms. The highest BCUT2D eigenvalue weighted by molar-refractivity contribution is 5.72. The highest BCUT2D eigenvalue weighted by Crippen LogP contribution is 2.64. The van der Waals surface area contributed by atoms with E-state index in [1.165, 1.54) is 18.1 Å². The molecule has 4 aliphatic rings. The fourth-order valence-corrected chi connectivity index (χ4v) is 6.07. The molecule has 5 atom stereocenters. The molecule has 0 aromatic heterocycles. The molecule has 6 nitrogen and oxygen atoms in total. The number of esters is 1. The predicted molar refractivity (Wildman–Crippen MR) is 106 cm³/mol. The van der Waals surface area contributed by atoms with Gasteiger partial charge in [-0.1, -0.05) is 6.08 Å². The van der Waals surface area contributed by atoms with Crippen molar-refractivity contribution in [3.8, 4) is 11.5 Å². The molecule has 0 radical (unpaired) electrons. The molecule has 2 aliphatic carbocycles. The van der Waals surface area contributed by atoms with Crippen molar-refractivity contribution >= 4 is 11.7 Å². The van der Waals surface area contributed by atoms with Crippen LogP contribution in [0.25, 0.3) is 0 Å². The number of ether oxygens (including phenoxy) is 3. The molecule has 0 amide bonds. The molecule has 28 heavy (non-hydrogen) atoms. The van der Waals surface area contributed by atoms with Crippen molar-refractivity contribution in [3.63, 3.8) is 0 Å². The first-order valence-electron chi connectivity index (χ1n) is 10.2. The van der Waals surface area contributed by atoms with Gasteiger partial charge in [-0.3, -0.25) is 4.79 Å². The largest absolute Gasteiger partial charge is 0.490 e. The van der Waals surface area contributed by atoms with Crippen molar-refractivity contribution in [1.82, 2.24) is 4.90 Å². The van der Waals surface area contributed by atoms with E-state index in [4.69, 9.17) is 14.2 Å². The average molecular weight is 384 g/mol. The van der Waals surface area contributed by atoms with E-state index in [-0.39, 0.29) is 23.6 Å². The number of nitrogens with zero attached hydrogens (tertiary/aromatic N) is 1. The third kappa shape index (κ3) is 2.15. The van der Waals surface area contributed by atoms with E-state index in [9.17, 15) is 4.79 Å². The van der Waals surface area contributed by atoms with Gasteiger partial charge >= 0.3 is 5.97 Å². The van der Waals surface area contributed by atoms with Gasteiger partial charge in [-0.05, 0) is 45.0 Å². The molecular weight excluding hydrogens is 356 g/mol. The monoisotopic (exact) mass is 384 g/mol. The number of carbonyl (C=O) groups excluding carboxylic acids is 1. The summed E-state index contributed by atoms with van der Waals surface area (Å²) < 4.78 is 18.3. The summed E-state index contributed by atoms with van der Waals surface area (Å²) in [6, 6.07) is 2.48. The van der Waals surface area contributed by atoms with Crippen LogP contribution in [0.5, 0.6) is 11.5 Å². The van der Waals surface area contributed by atoms with Gasteiger partial charge in [0, 0.05) is 48.7 Å². The highest BCUT2D eigenvalue weighted by Gasteiger charge is 2.65. The van der Waals surface area contributed by atoms with Gasteiger partial charge in [-0.2, -0.15) is 0 Å². The number of piperidine rings is 1. The van der Waals surface area contributed by atoms with E-state index in [0.717, 1.165) is 36.6 Å². The Hall–Kier alpha value is -2.21. The van der Waals surface area contributed by atoms with E-state index < -0.39 is 0 Å². The van der Waals surface area contributed by atoms with Gasteiger partial charge in [0.15, 0.2) is 17.6 Å². The number of rotatable bonds is 4. The summed E-state index contributed by atoms with van der Waals surface area (Å²) in [5.74, 6) is 1.71. The van der Waals surface area contributed by atoms with Crippen LogP contribution in [-0.2, 0) is 21.4 Å². The van der Waals surface area contributed by atoms with Crippen LogP contribution in [-0.4, -0.2) is 56.4 Å². The van der Waals surface area contributed by atoms with Crippen molar-refractivity contribution in [2.45, 2.75) is 50.4 Å². The zero-order chi connectivity index (χ0) is 19.6. The Morgan fingerprint density at radius 2 is 2.25 bits per heavy atom. The van der Waals surface area contributed by atoms with Crippen molar-refractivity contribution in [3.05, 3.63) is 29.3 Å². The lowest BCUT2D eigenvalue weighted by Crippen LogP contribution is -2.65. The van der Waals surface area contributed by atoms with E-state index in [2.05, 4.69) is 29.4 Å². The zero-order valence-electron chi connectivity index (χ0n) is 17.0. The molecule has 150 valence electrons. The molecule has 2 aliphatic heterocycles. The molecule has 1 N–H and O–H groups in total. The topological polar surface area (TPSA) is 60.0 Å². The van der Waals surface area contributed by atoms with Gasteiger partial charge in [0.25, 0.3) is 0 Å². The third-order valence-corrected chi connectivity index (χ3v) is 7.12. The van der Waals surface area contributed by atoms with Crippen LogP contribution in [0.15, 0.2) is 18.2 Å². The van der Waals surface area contributed by atoms with Gasteiger partial charge < -0.3 is 24.4 Å². The summed E-state index contributed by atoms with van der Waals surface area (Å²) in [7, 11) is 4.18. The smallest absolute Gasteiger partial charge is 0.303 e. The Balaban J connectivity index is 1.76. The maximum atomic E-state index is 11.8. The number of hydrogen-bond donors (Lipinski definition) is 1. The minimum absolute atomic E-state index is 0.173. The minimum atomic E-state index is -0.372. The number of likely N-dealkylation sites (tertiary alicyclic amines) is 1. The van der Waals surface area contributed by atoms with Gasteiger partial charge in [0.2, 0.25) is 0 Å². The second-order valence-corrected chi connectivity index (χ2v) is 8.35. The molecule has 1 aromatic rings. The SMILES string of the molecule is CCOc1cc(NC)c2c3c1O[C@H]1[C@@H](OC(C)=O)C=C[C@H]4[C@@H](C2)N(C)CC[C@@]341. The van der Waals surface area contributed by atoms with Crippen LogP contribution in [0.3, 0.4) is 0 Å². The van der Waals surface area contributed by atoms with Crippen molar-refractivity contribution in [2.75, 3.05) is 32.6 Å². The Morgan fingerprint density at radius 1 is 1.43 bits per heavy atom. The van der Waals surface area contributed by atoms with Crippen LogP contribution >= 0.6 is 0 Å². The zero-order valence-corrected chi connectivity index (χ0v) is 17.0. The lowest BCUT2D eigenvalue weighted by Gasteiger charge is -2.56. The van der Waals surface area contributed by atoms with E-state index >= 15 is 0 Å². The summed E-state index contributed by atoms with van der Waals surface area (Å²) in [6.45, 7) is 5.04. The summed E-state index contributed by atoms with van der Waals surface area (Å²) in [5, 5.41) is 3.38. The van der Waals surface area contributed by atoms with Crippen LogP contribution in [0.4, 0.5) is 5.69 Å². The average Bonchev–Trinajstić information content (AvgIpc) is 3.01. The molecule has 1 saturated heterocycles. The molecule has 6 heteroatoms. The number of nitrogens with one attached hydrogen (secondary N) is 1. The predicted octanol–water partition coefficient (Wildman–Crippen LogP) is 2.50. The molecule has 1 spiro atoms. The second-order valence-electron chi connectivity index (χ2n) is 8.35. The Morgan fingerprint density at radius 3 is 2.96 bits per heavy atom. The number of benzene rings is 1. The molecule has 0 unspecified atom stereocenters. The maximum Gasteiger partial charge on any atom is 0.303 e. The Kier molecular flexibility index (Phi) is 3.92. The van der Waals surface area contributed by atoms with Gasteiger partial charge in [0.05, 0.1) is 6.61 Å². The van der Waals surface area contributed by atoms with E-state index in [1.807, 2.05) is 20.0 Å².